The predicted molar refractivity (Wildman–Crippen MR) is 103 cm³/mol. The van der Waals surface area contributed by atoms with E-state index in [1.165, 1.54) is 0 Å². The highest BCUT2D eigenvalue weighted by molar-refractivity contribution is 6.30. The summed E-state index contributed by atoms with van der Waals surface area (Å²) in [7, 11) is 0. The molecule has 1 saturated heterocycles. The zero-order valence-corrected chi connectivity index (χ0v) is 15.9. The van der Waals surface area contributed by atoms with Crippen LogP contribution >= 0.6 is 11.6 Å². The third-order valence-corrected chi connectivity index (χ3v) is 5.30. The molecule has 2 heterocycles. The Bertz CT molecular complexity index is 905. The molecule has 1 atom stereocenters. The molecule has 1 fully saturated rings. The van der Waals surface area contributed by atoms with E-state index in [1.54, 1.807) is 47.4 Å². The maximum Gasteiger partial charge on any atom is 0.262 e. The summed E-state index contributed by atoms with van der Waals surface area (Å²) >= 11 is 6.09. The average Bonchev–Trinajstić information content (AvgIpc) is 2.97. The first kappa shape index (κ1) is 18.7. The summed E-state index contributed by atoms with van der Waals surface area (Å²) in [6.07, 6.45) is 0.211. The molecular formula is C21H19ClN2O4. The number of fused-ring (bicyclic) bond motifs is 1. The fraction of sp³-hybridized carbons (Fsp3) is 0.286. The Hall–Kier alpha value is -2.70. The van der Waals surface area contributed by atoms with Gasteiger partial charge in [0.15, 0.2) is 0 Å². The number of carbonyl (C=O) groups is 3. The fourth-order valence-electron chi connectivity index (χ4n) is 3.66. The van der Waals surface area contributed by atoms with Gasteiger partial charge in [-0.2, -0.15) is 0 Å². The Labute approximate surface area is 167 Å². The van der Waals surface area contributed by atoms with Crippen molar-refractivity contribution in [2.75, 3.05) is 26.3 Å². The molecule has 0 aromatic heterocycles. The molecule has 4 rings (SSSR count). The second kappa shape index (κ2) is 7.73. The van der Waals surface area contributed by atoms with Crippen LogP contribution in [-0.4, -0.2) is 59.9 Å². The lowest BCUT2D eigenvalue weighted by atomic mass is 10.0. The minimum atomic E-state index is -0.927. The van der Waals surface area contributed by atoms with Crippen molar-refractivity contribution in [3.8, 4) is 0 Å². The first-order valence-electron chi connectivity index (χ1n) is 9.14. The summed E-state index contributed by atoms with van der Waals surface area (Å²) in [6.45, 7) is 1.76. The molecule has 6 nitrogen and oxygen atoms in total. The first-order valence-corrected chi connectivity index (χ1v) is 9.52. The van der Waals surface area contributed by atoms with Crippen LogP contribution in [0.15, 0.2) is 48.5 Å². The van der Waals surface area contributed by atoms with Gasteiger partial charge in [-0.05, 0) is 29.8 Å². The van der Waals surface area contributed by atoms with Crippen molar-refractivity contribution in [3.63, 3.8) is 0 Å². The zero-order chi connectivity index (χ0) is 19.7. The second-order valence-corrected chi connectivity index (χ2v) is 7.25. The summed E-state index contributed by atoms with van der Waals surface area (Å²) < 4.78 is 5.32. The lowest BCUT2D eigenvalue weighted by Gasteiger charge is -2.33. The SMILES string of the molecule is O=C(C(Cc1cccc(Cl)c1)N1C(=O)c2ccccc2C1=O)N1CCOCC1. The number of hydrogen-bond donors (Lipinski definition) is 0. The Morgan fingerprint density at radius 3 is 2.25 bits per heavy atom. The highest BCUT2D eigenvalue weighted by Crippen LogP contribution is 2.27. The van der Waals surface area contributed by atoms with E-state index in [1.807, 2.05) is 6.07 Å². The molecule has 0 saturated carbocycles. The standard InChI is InChI=1S/C21H19ClN2O4/c22-15-5-3-4-14(12-15)13-18(21(27)23-8-10-28-11-9-23)24-19(25)16-6-1-2-7-17(16)20(24)26/h1-7,12,18H,8-11,13H2. The van der Waals surface area contributed by atoms with Gasteiger partial charge in [0.1, 0.15) is 6.04 Å². The predicted octanol–water partition coefficient (Wildman–Crippen LogP) is 2.41. The van der Waals surface area contributed by atoms with E-state index in [4.69, 9.17) is 16.3 Å². The molecule has 0 bridgehead atoms. The minimum Gasteiger partial charge on any atom is -0.378 e. The minimum absolute atomic E-state index is 0.211. The Morgan fingerprint density at radius 1 is 1.00 bits per heavy atom. The highest BCUT2D eigenvalue weighted by Gasteiger charge is 2.44. The van der Waals surface area contributed by atoms with E-state index in [0.717, 1.165) is 10.5 Å². The molecule has 2 aromatic rings. The molecule has 0 N–H and O–H groups in total. The van der Waals surface area contributed by atoms with Crippen LogP contribution in [0.25, 0.3) is 0 Å². The van der Waals surface area contributed by atoms with Gasteiger partial charge in [0, 0.05) is 24.5 Å². The quantitative estimate of drug-likeness (QED) is 0.742. The lowest BCUT2D eigenvalue weighted by molar-refractivity contribution is -0.139. The molecule has 3 amide bonds. The summed E-state index contributed by atoms with van der Waals surface area (Å²) in [6, 6.07) is 12.8. The van der Waals surface area contributed by atoms with Crippen molar-refractivity contribution in [3.05, 3.63) is 70.2 Å². The summed E-state index contributed by atoms with van der Waals surface area (Å²) in [5.74, 6) is -1.12. The molecule has 1 unspecified atom stereocenters. The van der Waals surface area contributed by atoms with Gasteiger partial charge >= 0.3 is 0 Å². The van der Waals surface area contributed by atoms with Gasteiger partial charge in [-0.15, -0.1) is 0 Å². The molecule has 0 spiro atoms. The monoisotopic (exact) mass is 398 g/mol. The van der Waals surface area contributed by atoms with Crippen molar-refractivity contribution in [1.29, 1.82) is 0 Å². The van der Waals surface area contributed by atoms with Crippen LogP contribution in [0.1, 0.15) is 26.3 Å². The number of rotatable bonds is 4. The van der Waals surface area contributed by atoms with E-state index in [-0.39, 0.29) is 12.3 Å². The zero-order valence-electron chi connectivity index (χ0n) is 15.1. The number of nitrogens with zero attached hydrogens (tertiary/aromatic N) is 2. The van der Waals surface area contributed by atoms with Crippen LogP contribution in [0.4, 0.5) is 0 Å². The molecule has 28 heavy (non-hydrogen) atoms. The molecule has 0 radical (unpaired) electrons. The van der Waals surface area contributed by atoms with Gasteiger partial charge in [-0.1, -0.05) is 35.9 Å². The van der Waals surface area contributed by atoms with Crippen LogP contribution in [0.3, 0.4) is 0 Å². The van der Waals surface area contributed by atoms with Gasteiger partial charge in [-0.25, -0.2) is 0 Å². The lowest BCUT2D eigenvalue weighted by Crippen LogP contribution is -2.54. The third-order valence-electron chi connectivity index (χ3n) is 5.06. The number of halogens is 1. The molecule has 2 aromatic carbocycles. The molecule has 0 aliphatic carbocycles. The van der Waals surface area contributed by atoms with Crippen LogP contribution in [0.2, 0.25) is 5.02 Å². The molecule has 144 valence electrons. The normalized spacial score (nSPS) is 17.6. The van der Waals surface area contributed by atoms with Crippen molar-refractivity contribution in [1.82, 2.24) is 9.80 Å². The number of imide groups is 1. The third kappa shape index (κ3) is 3.41. The Kier molecular flexibility index (Phi) is 5.15. The number of carbonyl (C=O) groups excluding carboxylic acids is 3. The molecule has 2 aliphatic heterocycles. The molecular weight excluding hydrogens is 380 g/mol. The van der Waals surface area contributed by atoms with E-state index < -0.39 is 17.9 Å². The summed E-state index contributed by atoms with van der Waals surface area (Å²) in [5, 5.41) is 0.539. The maximum atomic E-state index is 13.3. The van der Waals surface area contributed by atoms with Gasteiger partial charge in [-0.3, -0.25) is 19.3 Å². The molecule has 7 heteroatoms. The van der Waals surface area contributed by atoms with E-state index in [2.05, 4.69) is 0 Å². The average molecular weight is 399 g/mol. The van der Waals surface area contributed by atoms with Crippen LogP contribution in [-0.2, 0) is 16.0 Å². The Balaban J connectivity index is 1.69. The summed E-state index contributed by atoms with van der Waals surface area (Å²) in [5.41, 5.74) is 1.45. The number of ether oxygens (including phenoxy) is 1. The maximum absolute atomic E-state index is 13.3. The number of morpholine rings is 1. The number of benzene rings is 2. The van der Waals surface area contributed by atoms with Crippen molar-refractivity contribution in [2.24, 2.45) is 0 Å². The van der Waals surface area contributed by atoms with E-state index in [9.17, 15) is 14.4 Å². The van der Waals surface area contributed by atoms with Crippen molar-refractivity contribution < 1.29 is 19.1 Å². The number of hydrogen-bond acceptors (Lipinski definition) is 4. The van der Waals surface area contributed by atoms with Gasteiger partial charge in [0.2, 0.25) is 5.91 Å². The number of amides is 3. The largest absolute Gasteiger partial charge is 0.378 e. The van der Waals surface area contributed by atoms with Gasteiger partial charge in [0.25, 0.3) is 11.8 Å². The van der Waals surface area contributed by atoms with Crippen molar-refractivity contribution in [2.45, 2.75) is 12.5 Å². The van der Waals surface area contributed by atoms with Crippen LogP contribution in [0, 0.1) is 0 Å². The van der Waals surface area contributed by atoms with E-state index in [0.29, 0.717) is 42.5 Å². The second-order valence-electron chi connectivity index (χ2n) is 6.81. The van der Waals surface area contributed by atoms with Gasteiger partial charge in [0.05, 0.1) is 24.3 Å². The van der Waals surface area contributed by atoms with E-state index >= 15 is 0 Å². The Morgan fingerprint density at radius 2 is 1.64 bits per heavy atom. The topological polar surface area (TPSA) is 66.9 Å². The van der Waals surface area contributed by atoms with Crippen LogP contribution in [0.5, 0.6) is 0 Å². The smallest absolute Gasteiger partial charge is 0.262 e. The highest BCUT2D eigenvalue weighted by atomic mass is 35.5. The first-order chi connectivity index (χ1) is 13.6. The van der Waals surface area contributed by atoms with Crippen molar-refractivity contribution >= 4 is 29.3 Å². The fourth-order valence-corrected chi connectivity index (χ4v) is 3.87. The summed E-state index contributed by atoms with van der Waals surface area (Å²) in [4.78, 5) is 42.0. The molecule has 2 aliphatic rings. The van der Waals surface area contributed by atoms with Crippen LogP contribution < -0.4 is 0 Å². The van der Waals surface area contributed by atoms with Gasteiger partial charge < -0.3 is 9.64 Å².